The second-order valence-electron chi connectivity index (χ2n) is 8.27. The van der Waals surface area contributed by atoms with Gasteiger partial charge < -0.3 is 24.8 Å². The molecule has 0 heterocycles. The fourth-order valence-corrected chi connectivity index (χ4v) is 3.50. The van der Waals surface area contributed by atoms with Gasteiger partial charge in [0, 0.05) is 0 Å². The Morgan fingerprint density at radius 1 is 0.933 bits per heavy atom. The van der Waals surface area contributed by atoms with Crippen molar-refractivity contribution in [1.29, 1.82) is 0 Å². The summed E-state index contributed by atoms with van der Waals surface area (Å²) in [5.41, 5.74) is 5.86. The molecule has 162 valence electrons. The Morgan fingerprint density at radius 3 is 2.13 bits per heavy atom. The van der Waals surface area contributed by atoms with Crippen molar-refractivity contribution in [2.24, 2.45) is 0 Å². The van der Waals surface area contributed by atoms with E-state index in [1.807, 2.05) is 0 Å². The van der Waals surface area contributed by atoms with Gasteiger partial charge in [0.05, 0.1) is 0 Å². The summed E-state index contributed by atoms with van der Waals surface area (Å²) in [6.45, 7) is 11.5. The molecule has 0 atom stereocenters. The molecule has 0 aliphatic heterocycles. The maximum atomic E-state index is 2.42. The molecule has 0 saturated heterocycles. The second kappa shape index (κ2) is 15.5. The maximum Gasteiger partial charge on any atom is -1.00 e. The smallest absolute Gasteiger partial charge is 1.00 e. The molecule has 0 nitrogen and oxygen atoms in total. The Bertz CT molecular complexity index is 881. The standard InChI is InChI=1S/C24H29.C2H6Si.2ClH.Zr/c1-4-5-6-8-11-19-14-22-16-21(18(2)3)17-24(23(22)15-19)20-12-9-7-10-13-20;1-3-2;;;/h7,9-10,12-18H,4-6,8,11H2,1-3H3;1-2H3;2*1H;/q-1;;;;+2/p-2. The van der Waals surface area contributed by atoms with Crippen LogP contribution in [0.1, 0.15) is 63.5 Å². The van der Waals surface area contributed by atoms with Crippen molar-refractivity contribution in [3.05, 3.63) is 65.7 Å². The number of halogens is 2. The average Bonchev–Trinajstić information content (AvgIpc) is 3.07. The van der Waals surface area contributed by atoms with E-state index in [1.165, 1.54) is 65.1 Å². The summed E-state index contributed by atoms with van der Waals surface area (Å²) in [7, 11) is 0. The second-order valence-corrected chi connectivity index (χ2v) is 17.6. The molecular formula is C26H35Cl2SiZr-. The van der Waals surface area contributed by atoms with Crippen LogP contribution in [0, 0.1) is 0 Å². The van der Waals surface area contributed by atoms with Gasteiger partial charge in [0.25, 0.3) is 0 Å². The van der Waals surface area contributed by atoms with Crippen LogP contribution in [0.4, 0.5) is 0 Å². The topological polar surface area (TPSA) is 0 Å². The molecule has 0 saturated carbocycles. The van der Waals surface area contributed by atoms with Gasteiger partial charge in [0.15, 0.2) is 0 Å². The van der Waals surface area contributed by atoms with E-state index in [0.29, 0.717) is 5.92 Å². The largest absolute Gasteiger partial charge is 1.00 e. The van der Waals surface area contributed by atoms with Crippen molar-refractivity contribution in [2.45, 2.75) is 71.9 Å². The third-order valence-corrected chi connectivity index (χ3v) is 4.98. The van der Waals surface area contributed by atoms with Crippen LogP contribution >= 0.6 is 0 Å². The van der Waals surface area contributed by atoms with Crippen molar-refractivity contribution in [2.75, 3.05) is 0 Å². The quantitative estimate of drug-likeness (QED) is 0.247. The molecular weight excluding hydrogens is 503 g/mol. The Morgan fingerprint density at radius 2 is 1.57 bits per heavy atom. The number of hydrogen-bond acceptors (Lipinski definition) is 0. The molecule has 30 heavy (non-hydrogen) atoms. The fourth-order valence-electron chi connectivity index (χ4n) is 3.50. The van der Waals surface area contributed by atoms with Gasteiger partial charge in [-0.15, -0.1) is 28.5 Å². The molecule has 0 N–H and O–H groups in total. The van der Waals surface area contributed by atoms with E-state index in [-0.39, 0.29) is 30.2 Å². The van der Waals surface area contributed by atoms with E-state index in [0.717, 1.165) is 0 Å². The molecule has 3 aromatic rings. The Balaban J connectivity index is 0.00000129. The van der Waals surface area contributed by atoms with Crippen molar-refractivity contribution in [1.82, 2.24) is 0 Å². The zero-order chi connectivity index (χ0) is 20.5. The number of benzene rings is 2. The van der Waals surface area contributed by atoms with Crippen LogP contribution in [-0.2, 0) is 29.8 Å². The van der Waals surface area contributed by atoms with E-state index < -0.39 is 0 Å². The van der Waals surface area contributed by atoms with E-state index in [4.69, 9.17) is 0 Å². The van der Waals surface area contributed by atoms with Gasteiger partial charge in [-0.25, -0.2) is 0 Å². The summed E-state index contributed by atoms with van der Waals surface area (Å²) >= 11 is 1.74. The number of aryl methyl sites for hydroxylation is 1. The van der Waals surface area contributed by atoms with Crippen LogP contribution < -0.4 is 24.8 Å². The summed E-state index contributed by atoms with van der Waals surface area (Å²) in [5, 5.41) is 2.82. The molecule has 0 amide bonds. The van der Waals surface area contributed by atoms with Crippen molar-refractivity contribution >= 4 is 16.2 Å². The minimum Gasteiger partial charge on any atom is -1.00 e. The third kappa shape index (κ3) is 9.47. The summed E-state index contributed by atoms with van der Waals surface area (Å²) in [5.74, 6) is 0.555. The molecule has 3 aromatic carbocycles. The fraction of sp³-hybridized carbons (Fsp3) is 0.423. The van der Waals surface area contributed by atoms with Crippen LogP contribution in [0.2, 0.25) is 13.1 Å². The van der Waals surface area contributed by atoms with E-state index >= 15 is 0 Å². The molecule has 0 unspecified atom stereocenters. The third-order valence-electron chi connectivity index (χ3n) is 4.98. The number of rotatable bonds is 7. The number of hydrogen-bond donors (Lipinski definition) is 0. The molecule has 4 heteroatoms. The first kappa shape index (κ1) is 29.7. The van der Waals surface area contributed by atoms with Gasteiger partial charge in [-0.05, 0) is 17.9 Å². The van der Waals surface area contributed by atoms with Gasteiger partial charge in [-0.2, -0.15) is 6.07 Å². The number of fused-ring (bicyclic) bond motifs is 1. The predicted molar refractivity (Wildman–Crippen MR) is 124 cm³/mol. The van der Waals surface area contributed by atoms with Gasteiger partial charge in [-0.1, -0.05) is 94.0 Å². The molecule has 0 fully saturated rings. The van der Waals surface area contributed by atoms with Crippen molar-refractivity contribution in [3.63, 3.8) is 0 Å². The molecule has 0 aliphatic carbocycles. The van der Waals surface area contributed by atoms with Gasteiger partial charge in [0.1, 0.15) is 0 Å². The van der Waals surface area contributed by atoms with Gasteiger partial charge in [0.2, 0.25) is 0 Å². The molecule has 0 spiro atoms. The molecule has 0 radical (unpaired) electrons. The summed E-state index contributed by atoms with van der Waals surface area (Å²) < 4.78 is 0. The Hall–Kier alpha value is -0.270. The van der Waals surface area contributed by atoms with Crippen molar-refractivity contribution in [3.8, 4) is 11.1 Å². The maximum absolute atomic E-state index is 2.42. The van der Waals surface area contributed by atoms with Crippen LogP contribution in [0.5, 0.6) is 0 Å². The summed E-state index contributed by atoms with van der Waals surface area (Å²) in [6.07, 6.45) is 6.52. The van der Waals surface area contributed by atoms with Gasteiger partial charge >= 0.3 is 41.9 Å². The predicted octanol–water partition coefficient (Wildman–Crippen LogP) is 2.26. The zero-order valence-corrected chi connectivity index (χ0v) is 24.0. The molecule has 0 aliphatic rings. The zero-order valence-electron chi connectivity index (χ0n) is 19.1. The van der Waals surface area contributed by atoms with E-state index in [1.54, 1.807) is 23.3 Å². The molecule has 3 rings (SSSR count). The van der Waals surface area contributed by atoms with Crippen LogP contribution in [0.15, 0.2) is 54.6 Å². The molecule has 0 bridgehead atoms. The first-order chi connectivity index (χ1) is 13.4. The van der Waals surface area contributed by atoms with Crippen LogP contribution in [0.25, 0.3) is 21.9 Å². The minimum absolute atomic E-state index is 0. The summed E-state index contributed by atoms with van der Waals surface area (Å²) in [6, 6.07) is 20.4. The van der Waals surface area contributed by atoms with E-state index in [9.17, 15) is 0 Å². The Labute approximate surface area is 211 Å². The SMILES string of the molecule is CCCCCCc1cc2c(-c3ccccc3)cc(C(C)C)cc2[cH-]1.C[Si](C)=[Zr+2].[Cl-].[Cl-]. The molecule has 0 aromatic heterocycles. The Kier molecular flexibility index (Phi) is 15.4. The van der Waals surface area contributed by atoms with Crippen LogP contribution in [-0.4, -0.2) is 5.43 Å². The number of unbranched alkanes of at least 4 members (excludes halogenated alkanes) is 3. The van der Waals surface area contributed by atoms with Gasteiger partial charge in [-0.3, -0.25) is 0 Å². The monoisotopic (exact) mass is 535 g/mol. The minimum atomic E-state index is 0. The van der Waals surface area contributed by atoms with Crippen LogP contribution in [0.3, 0.4) is 0 Å². The normalized spacial score (nSPS) is 10.1. The summed E-state index contributed by atoms with van der Waals surface area (Å²) in [4.78, 5) is 0. The van der Waals surface area contributed by atoms with E-state index in [2.05, 4.69) is 88.5 Å². The first-order valence-electron chi connectivity index (χ1n) is 10.7. The van der Waals surface area contributed by atoms with Crippen molar-refractivity contribution < 1.29 is 48.1 Å². The average molecular weight is 538 g/mol. The first-order valence-corrected chi connectivity index (χ1v) is 16.9.